The minimum absolute atomic E-state index is 0.515. The lowest BCUT2D eigenvalue weighted by Crippen LogP contribution is -1.95. The van der Waals surface area contributed by atoms with Crippen molar-refractivity contribution in [3.8, 4) is 11.4 Å². The van der Waals surface area contributed by atoms with Gasteiger partial charge in [-0.1, -0.05) is 35.9 Å². The third kappa shape index (κ3) is 3.97. The summed E-state index contributed by atoms with van der Waals surface area (Å²) in [6, 6.07) is 13.9. The molecular formula is C19H16F2N2S. The molecule has 0 bridgehead atoms. The molecule has 0 radical (unpaired) electrons. The van der Waals surface area contributed by atoms with Crippen LogP contribution < -0.4 is 0 Å². The number of benzene rings is 2. The van der Waals surface area contributed by atoms with Gasteiger partial charge in [-0.2, -0.15) is 0 Å². The Hall–Kier alpha value is -2.27. The Morgan fingerprint density at radius 2 is 1.62 bits per heavy atom. The maximum Gasteiger partial charge on any atom is 0.160 e. The summed E-state index contributed by atoms with van der Waals surface area (Å²) in [5, 5.41) is 0.808. The molecule has 122 valence electrons. The number of halogens is 2. The van der Waals surface area contributed by atoms with Crippen LogP contribution in [-0.4, -0.2) is 9.97 Å². The summed E-state index contributed by atoms with van der Waals surface area (Å²) in [6.45, 7) is 3.95. The van der Waals surface area contributed by atoms with Crippen molar-refractivity contribution in [1.82, 2.24) is 9.97 Å². The quantitative estimate of drug-likeness (QED) is 0.473. The highest BCUT2D eigenvalue weighted by molar-refractivity contribution is 7.98. The van der Waals surface area contributed by atoms with E-state index in [2.05, 4.69) is 9.97 Å². The summed E-state index contributed by atoms with van der Waals surface area (Å²) in [6.07, 6.45) is 0. The zero-order chi connectivity index (χ0) is 17.1. The van der Waals surface area contributed by atoms with Crippen LogP contribution in [0.15, 0.2) is 53.6 Å². The van der Waals surface area contributed by atoms with E-state index in [1.807, 2.05) is 44.2 Å². The number of rotatable bonds is 4. The minimum Gasteiger partial charge on any atom is -0.233 e. The Balaban J connectivity index is 1.80. The van der Waals surface area contributed by atoms with Crippen molar-refractivity contribution in [2.75, 3.05) is 0 Å². The number of aryl methyl sites for hydroxylation is 2. The van der Waals surface area contributed by atoms with E-state index >= 15 is 0 Å². The fourth-order valence-electron chi connectivity index (χ4n) is 2.23. The van der Waals surface area contributed by atoms with Crippen LogP contribution in [0.2, 0.25) is 0 Å². The first-order valence-electron chi connectivity index (χ1n) is 7.51. The summed E-state index contributed by atoms with van der Waals surface area (Å²) < 4.78 is 26.3. The maximum atomic E-state index is 13.3. The highest BCUT2D eigenvalue weighted by Crippen LogP contribution is 2.25. The molecule has 0 aliphatic heterocycles. The molecule has 3 aromatic rings. The van der Waals surface area contributed by atoms with Gasteiger partial charge < -0.3 is 0 Å². The lowest BCUT2D eigenvalue weighted by Gasteiger charge is -2.07. The van der Waals surface area contributed by atoms with Gasteiger partial charge in [0.1, 0.15) is 5.03 Å². The van der Waals surface area contributed by atoms with Gasteiger partial charge in [0.2, 0.25) is 0 Å². The van der Waals surface area contributed by atoms with Gasteiger partial charge in [-0.25, -0.2) is 18.7 Å². The second-order valence-corrected chi connectivity index (χ2v) is 6.57. The molecule has 0 N–H and O–H groups in total. The molecule has 0 saturated carbocycles. The molecule has 24 heavy (non-hydrogen) atoms. The van der Waals surface area contributed by atoms with E-state index < -0.39 is 11.6 Å². The first-order chi connectivity index (χ1) is 11.5. The topological polar surface area (TPSA) is 25.8 Å². The first kappa shape index (κ1) is 16.6. The lowest BCUT2D eigenvalue weighted by molar-refractivity contribution is 0.507. The van der Waals surface area contributed by atoms with Crippen LogP contribution in [0.1, 0.15) is 16.8 Å². The molecule has 0 unspecified atom stereocenters. The third-order valence-corrected chi connectivity index (χ3v) is 4.49. The molecule has 0 atom stereocenters. The van der Waals surface area contributed by atoms with Crippen molar-refractivity contribution in [2.24, 2.45) is 0 Å². The van der Waals surface area contributed by atoms with E-state index in [1.54, 1.807) is 6.07 Å². The molecule has 5 heteroatoms. The van der Waals surface area contributed by atoms with E-state index in [0.717, 1.165) is 22.3 Å². The second kappa shape index (κ2) is 7.09. The lowest BCUT2D eigenvalue weighted by atomic mass is 10.1. The van der Waals surface area contributed by atoms with Gasteiger partial charge in [0, 0.05) is 17.0 Å². The van der Waals surface area contributed by atoms with Crippen molar-refractivity contribution in [2.45, 2.75) is 24.6 Å². The molecule has 0 amide bonds. The predicted octanol–water partition coefficient (Wildman–Crippen LogP) is 5.33. The standard InChI is InChI=1S/C19H16F2N2S/c1-12-3-6-15(7-4-12)19-22-13(2)9-18(23-19)24-11-14-5-8-16(20)17(21)10-14/h3-10H,11H2,1-2H3. The molecule has 2 nitrogen and oxygen atoms in total. The largest absolute Gasteiger partial charge is 0.233 e. The average Bonchev–Trinajstić information content (AvgIpc) is 2.56. The summed E-state index contributed by atoms with van der Waals surface area (Å²) in [7, 11) is 0. The average molecular weight is 342 g/mol. The highest BCUT2D eigenvalue weighted by Gasteiger charge is 2.07. The van der Waals surface area contributed by atoms with E-state index in [4.69, 9.17) is 0 Å². The van der Waals surface area contributed by atoms with Crippen LogP contribution in [0.4, 0.5) is 8.78 Å². The van der Waals surface area contributed by atoms with Gasteiger partial charge in [0.25, 0.3) is 0 Å². The first-order valence-corrected chi connectivity index (χ1v) is 8.49. The van der Waals surface area contributed by atoms with Crippen LogP contribution in [-0.2, 0) is 5.75 Å². The normalized spacial score (nSPS) is 10.8. The van der Waals surface area contributed by atoms with Crippen molar-refractivity contribution < 1.29 is 8.78 Å². The molecule has 1 heterocycles. The van der Waals surface area contributed by atoms with E-state index in [9.17, 15) is 8.78 Å². The zero-order valence-corrected chi connectivity index (χ0v) is 14.2. The number of thioether (sulfide) groups is 1. The smallest absolute Gasteiger partial charge is 0.160 e. The molecular weight excluding hydrogens is 326 g/mol. The molecule has 0 spiro atoms. The number of hydrogen-bond acceptors (Lipinski definition) is 3. The molecule has 0 aliphatic rings. The third-order valence-electron chi connectivity index (χ3n) is 3.51. The number of hydrogen-bond donors (Lipinski definition) is 0. The summed E-state index contributed by atoms with van der Waals surface area (Å²) in [5.41, 5.74) is 3.72. The van der Waals surface area contributed by atoms with Crippen LogP contribution >= 0.6 is 11.8 Å². The Kier molecular flexibility index (Phi) is 4.90. The monoisotopic (exact) mass is 342 g/mol. The molecule has 0 fully saturated rings. The van der Waals surface area contributed by atoms with Gasteiger partial charge >= 0.3 is 0 Å². The zero-order valence-electron chi connectivity index (χ0n) is 13.4. The van der Waals surface area contributed by atoms with E-state index in [-0.39, 0.29) is 0 Å². The van der Waals surface area contributed by atoms with Crippen LogP contribution in [0.5, 0.6) is 0 Å². The van der Waals surface area contributed by atoms with E-state index in [0.29, 0.717) is 17.1 Å². The SMILES string of the molecule is Cc1ccc(-c2nc(C)cc(SCc3ccc(F)c(F)c3)n2)cc1. The predicted molar refractivity (Wildman–Crippen MR) is 92.9 cm³/mol. The molecule has 0 saturated heterocycles. The van der Waals surface area contributed by atoms with Gasteiger partial charge in [-0.15, -0.1) is 11.8 Å². The Labute approximate surface area is 144 Å². The Morgan fingerprint density at radius 3 is 2.33 bits per heavy atom. The summed E-state index contributed by atoms with van der Waals surface area (Å²) in [4.78, 5) is 9.05. The van der Waals surface area contributed by atoms with Crippen molar-refractivity contribution >= 4 is 11.8 Å². The Bertz CT molecular complexity index is 864. The van der Waals surface area contributed by atoms with Crippen molar-refractivity contribution in [3.05, 3.63) is 77.0 Å². The van der Waals surface area contributed by atoms with Gasteiger partial charge in [-0.3, -0.25) is 0 Å². The maximum absolute atomic E-state index is 13.3. The summed E-state index contributed by atoms with van der Waals surface area (Å²) in [5.74, 6) is -0.473. The second-order valence-electron chi connectivity index (χ2n) is 5.57. The fraction of sp³-hybridized carbons (Fsp3) is 0.158. The van der Waals surface area contributed by atoms with Crippen molar-refractivity contribution in [3.63, 3.8) is 0 Å². The van der Waals surface area contributed by atoms with Gasteiger partial charge in [0.15, 0.2) is 17.5 Å². The Morgan fingerprint density at radius 1 is 0.875 bits per heavy atom. The highest BCUT2D eigenvalue weighted by atomic mass is 32.2. The fourth-order valence-corrected chi connectivity index (χ4v) is 3.13. The minimum atomic E-state index is -0.830. The molecule has 2 aromatic carbocycles. The van der Waals surface area contributed by atoms with E-state index in [1.165, 1.54) is 23.4 Å². The number of aromatic nitrogens is 2. The molecule has 1 aromatic heterocycles. The van der Waals surface area contributed by atoms with Gasteiger partial charge in [0.05, 0.1) is 0 Å². The molecule has 3 rings (SSSR count). The number of nitrogens with zero attached hydrogens (tertiary/aromatic N) is 2. The van der Waals surface area contributed by atoms with Crippen LogP contribution in [0.3, 0.4) is 0 Å². The van der Waals surface area contributed by atoms with Crippen LogP contribution in [0.25, 0.3) is 11.4 Å². The van der Waals surface area contributed by atoms with Crippen LogP contribution in [0, 0.1) is 25.5 Å². The molecule has 0 aliphatic carbocycles. The summed E-state index contributed by atoms with van der Waals surface area (Å²) >= 11 is 1.47. The van der Waals surface area contributed by atoms with Gasteiger partial charge in [-0.05, 0) is 37.6 Å². The van der Waals surface area contributed by atoms with Crippen molar-refractivity contribution in [1.29, 1.82) is 0 Å².